The maximum Gasteiger partial charge on any atom is 0.191 e. The van der Waals surface area contributed by atoms with E-state index in [0.29, 0.717) is 41.9 Å². The van der Waals surface area contributed by atoms with Crippen LogP contribution in [0, 0.1) is 35.5 Å². The van der Waals surface area contributed by atoms with Crippen LogP contribution in [0.5, 0.6) is 0 Å². The van der Waals surface area contributed by atoms with Crippen LogP contribution in [0.15, 0.2) is 24.3 Å². The molecule has 2 aliphatic rings. The molecule has 6 nitrogen and oxygen atoms in total. The smallest absolute Gasteiger partial charge is 0.191 e. The van der Waals surface area contributed by atoms with Crippen molar-refractivity contribution in [3.63, 3.8) is 0 Å². The average molecular weight is 655 g/mol. The predicted molar refractivity (Wildman–Crippen MR) is 192 cm³/mol. The van der Waals surface area contributed by atoms with Crippen LogP contribution in [-0.2, 0) is 23.4 Å². The summed E-state index contributed by atoms with van der Waals surface area (Å²) >= 11 is 0. The van der Waals surface area contributed by atoms with E-state index in [9.17, 15) is 0 Å². The molecule has 0 aromatic heterocycles. The van der Waals surface area contributed by atoms with Gasteiger partial charge in [-0.2, -0.15) is 0 Å². The molecule has 0 aromatic rings. The molecule has 0 saturated carbocycles. The van der Waals surface area contributed by atoms with Gasteiger partial charge in [0.15, 0.2) is 19.9 Å². The Labute approximate surface area is 280 Å². The van der Waals surface area contributed by atoms with E-state index >= 15 is 0 Å². The maximum atomic E-state index is 9.13. The summed E-state index contributed by atoms with van der Waals surface area (Å²) in [6, 6.07) is 0. The van der Waals surface area contributed by atoms with E-state index in [0.717, 1.165) is 13.0 Å². The van der Waals surface area contributed by atoms with Crippen LogP contribution in [0.2, 0.25) is 18.1 Å². The molecule has 2 aliphatic heterocycles. The van der Waals surface area contributed by atoms with Gasteiger partial charge in [-0.15, -0.1) is 0 Å². The third-order valence-electron chi connectivity index (χ3n) is 10.1. The van der Waals surface area contributed by atoms with Gasteiger partial charge in [0.25, 0.3) is 0 Å². The normalized spacial score (nSPS) is 28.1. The molecular weight excluding hydrogens is 580 g/mol. The van der Waals surface area contributed by atoms with E-state index in [1.165, 1.54) is 0 Å². The molecule has 0 bridgehead atoms. The molecular formula is C38H74O6Si. The molecule has 266 valence electrons. The number of aliphatic hydroxyl groups is 1. The lowest BCUT2D eigenvalue weighted by Crippen LogP contribution is -2.41. The highest BCUT2D eigenvalue weighted by atomic mass is 28.4. The Morgan fingerprint density at radius 2 is 1.04 bits per heavy atom. The van der Waals surface area contributed by atoms with Crippen LogP contribution >= 0.6 is 0 Å². The van der Waals surface area contributed by atoms with Crippen LogP contribution in [0.4, 0.5) is 0 Å². The van der Waals surface area contributed by atoms with Crippen LogP contribution in [-0.4, -0.2) is 62.6 Å². The number of allylic oxidation sites excluding steroid dienone is 2. The topological polar surface area (TPSA) is 66.4 Å². The molecule has 1 N–H and O–H groups in total. The molecule has 2 heterocycles. The van der Waals surface area contributed by atoms with Gasteiger partial charge in [0.1, 0.15) is 0 Å². The van der Waals surface area contributed by atoms with Gasteiger partial charge in [0, 0.05) is 25.0 Å². The lowest BCUT2D eigenvalue weighted by atomic mass is 9.93. The van der Waals surface area contributed by atoms with E-state index in [4.69, 9.17) is 28.5 Å². The largest absolute Gasteiger partial charge is 0.417 e. The van der Waals surface area contributed by atoms with Crippen molar-refractivity contribution in [2.75, 3.05) is 13.2 Å². The summed E-state index contributed by atoms with van der Waals surface area (Å²) < 4.78 is 30.7. The molecule has 45 heavy (non-hydrogen) atoms. The van der Waals surface area contributed by atoms with Gasteiger partial charge in [-0.25, -0.2) is 0 Å². The monoisotopic (exact) mass is 655 g/mol. The summed E-state index contributed by atoms with van der Waals surface area (Å²) in [6.45, 7) is 38.1. The summed E-state index contributed by atoms with van der Waals surface area (Å²) in [5.74, 6) is 2.00. The first kappa shape index (κ1) is 42.5. The second kappa shape index (κ2) is 17.7. The number of rotatable bonds is 14. The zero-order chi connectivity index (χ0) is 35.0. The Kier molecular flexibility index (Phi) is 16.7. The highest BCUT2D eigenvalue weighted by Gasteiger charge is 2.44. The van der Waals surface area contributed by atoms with Gasteiger partial charge in [0.2, 0.25) is 0 Å². The molecule has 7 heteroatoms. The molecule has 0 aliphatic carbocycles. The third kappa shape index (κ3) is 14.2. The Hall–Kier alpha value is -0.543. The molecule has 0 spiro atoms. The minimum Gasteiger partial charge on any atom is -0.417 e. The predicted octanol–water partition coefficient (Wildman–Crippen LogP) is 9.78. The Morgan fingerprint density at radius 3 is 1.38 bits per heavy atom. The number of aliphatic hydroxyl groups excluding tert-OH is 1. The summed E-state index contributed by atoms with van der Waals surface area (Å²) in [5.41, 5.74) is 0. The first-order valence-electron chi connectivity index (χ1n) is 17.8. The van der Waals surface area contributed by atoms with Crippen molar-refractivity contribution in [3.05, 3.63) is 24.3 Å². The Morgan fingerprint density at radius 1 is 0.667 bits per heavy atom. The standard InChI is InChI=1S/C22H44O3Si.C16H30O3/c1-16(2)17(3)12-13-18(4)20-19(24-22(8,9)25-20)14-15-23-26(10,11)21(5,6)7;1-11(2)12(3)7-8-13(4)15-14(9-10-17)18-16(5,6)19-15/h12-13,16-20H,14-15H2,1-11H3;7-8,11-15,17H,9-10H2,1-6H3/b13-12-;8-7-/t17-,18?,19+,20-;12-,13?,14+,15-/m11/s1. The maximum absolute atomic E-state index is 9.13. The molecule has 0 amide bonds. The van der Waals surface area contributed by atoms with E-state index < -0.39 is 19.9 Å². The van der Waals surface area contributed by atoms with Gasteiger partial charge in [-0.1, -0.05) is 100 Å². The Balaban J connectivity index is 0.000000472. The summed E-state index contributed by atoms with van der Waals surface area (Å²) in [4.78, 5) is 0. The number of hydrogen-bond donors (Lipinski definition) is 1. The molecule has 0 radical (unpaired) electrons. The third-order valence-corrected chi connectivity index (χ3v) is 14.6. The lowest BCUT2D eigenvalue weighted by molar-refractivity contribution is -0.150. The molecule has 2 saturated heterocycles. The van der Waals surface area contributed by atoms with E-state index in [1.807, 2.05) is 27.7 Å². The molecule has 2 rings (SSSR count). The van der Waals surface area contributed by atoms with Crippen molar-refractivity contribution in [2.24, 2.45) is 35.5 Å². The van der Waals surface area contributed by atoms with Gasteiger partial charge in [-0.05, 0) is 82.3 Å². The van der Waals surface area contributed by atoms with Crippen molar-refractivity contribution in [1.29, 1.82) is 0 Å². The number of ether oxygens (including phenoxy) is 4. The fraction of sp³-hybridized carbons (Fsp3) is 0.895. The van der Waals surface area contributed by atoms with Gasteiger partial charge in [-0.3, -0.25) is 0 Å². The van der Waals surface area contributed by atoms with E-state index in [1.54, 1.807) is 0 Å². The highest BCUT2D eigenvalue weighted by Crippen LogP contribution is 2.38. The first-order chi connectivity index (χ1) is 20.4. The van der Waals surface area contributed by atoms with Crippen LogP contribution in [0.3, 0.4) is 0 Å². The summed E-state index contributed by atoms with van der Waals surface area (Å²) in [6.07, 6.45) is 10.8. The average Bonchev–Trinajstić information content (AvgIpc) is 3.38. The second-order valence-electron chi connectivity index (χ2n) is 16.9. The summed E-state index contributed by atoms with van der Waals surface area (Å²) in [5, 5.41) is 9.37. The second-order valence-corrected chi connectivity index (χ2v) is 21.7. The van der Waals surface area contributed by atoms with E-state index in [2.05, 4.69) is 114 Å². The minimum atomic E-state index is -1.71. The van der Waals surface area contributed by atoms with Crippen LogP contribution in [0.25, 0.3) is 0 Å². The van der Waals surface area contributed by atoms with Crippen LogP contribution in [0.1, 0.15) is 117 Å². The SMILES string of the molecule is CC(C)[C@H](C)/C=C\C(C)[C@H]1OC(C)(C)O[C@H]1CCO.CC(C)[C@H](C)/C=C\C(C)[C@H]1OC(C)(C)O[C@H]1CCO[Si](C)(C)C(C)(C)C. The quantitative estimate of drug-likeness (QED) is 0.149. The molecule has 8 atom stereocenters. The van der Waals surface area contributed by atoms with E-state index in [-0.39, 0.29) is 36.1 Å². The zero-order valence-corrected chi connectivity index (χ0v) is 33.4. The summed E-state index contributed by atoms with van der Waals surface area (Å²) in [7, 11) is -1.71. The highest BCUT2D eigenvalue weighted by molar-refractivity contribution is 6.74. The Bertz CT molecular complexity index is 902. The van der Waals surface area contributed by atoms with Crippen LogP contribution < -0.4 is 0 Å². The molecule has 0 aromatic carbocycles. The van der Waals surface area contributed by atoms with Crippen molar-refractivity contribution in [1.82, 2.24) is 0 Å². The first-order valence-corrected chi connectivity index (χ1v) is 20.7. The van der Waals surface area contributed by atoms with Gasteiger partial charge >= 0.3 is 0 Å². The fourth-order valence-corrected chi connectivity index (χ4v) is 6.26. The molecule has 2 unspecified atom stereocenters. The molecule has 2 fully saturated rings. The van der Waals surface area contributed by atoms with Gasteiger partial charge < -0.3 is 28.5 Å². The zero-order valence-electron chi connectivity index (χ0n) is 32.4. The fourth-order valence-electron chi connectivity index (χ4n) is 5.20. The number of hydrogen-bond acceptors (Lipinski definition) is 6. The van der Waals surface area contributed by atoms with Crippen molar-refractivity contribution < 1.29 is 28.5 Å². The van der Waals surface area contributed by atoms with Crippen molar-refractivity contribution in [2.45, 2.75) is 171 Å². The van der Waals surface area contributed by atoms with Crippen molar-refractivity contribution >= 4 is 8.32 Å². The lowest BCUT2D eigenvalue weighted by Gasteiger charge is -2.36. The van der Waals surface area contributed by atoms with Crippen molar-refractivity contribution in [3.8, 4) is 0 Å². The van der Waals surface area contributed by atoms with Gasteiger partial charge in [0.05, 0.1) is 24.4 Å². The minimum absolute atomic E-state index is 0.0194.